The van der Waals surface area contributed by atoms with Crippen LogP contribution in [0.5, 0.6) is 0 Å². The molecule has 0 bridgehead atoms. The minimum atomic E-state index is -1.18. The van der Waals surface area contributed by atoms with Gasteiger partial charge in [-0.1, -0.05) is 45.9 Å². The Labute approximate surface area is 163 Å². The molecule has 24 heavy (non-hydrogen) atoms. The Morgan fingerprint density at radius 1 is 1.00 bits per heavy atom. The highest BCUT2D eigenvalue weighted by molar-refractivity contribution is 6.41. The van der Waals surface area contributed by atoms with E-state index in [0.29, 0.717) is 4.53 Å². The summed E-state index contributed by atoms with van der Waals surface area (Å²) in [5, 5.41) is 0.485. The van der Waals surface area contributed by atoms with E-state index in [1.165, 1.54) is 18.2 Å². The van der Waals surface area contributed by atoms with Gasteiger partial charge in [-0.3, -0.25) is 4.79 Å². The number of benzene rings is 2. The predicted octanol–water partition coefficient (Wildman–Crippen LogP) is 5.43. The van der Waals surface area contributed by atoms with E-state index in [1.54, 1.807) is 30.3 Å². The maximum absolute atomic E-state index is 13.0. The molecule has 0 aliphatic rings. The third kappa shape index (κ3) is 3.80. The lowest BCUT2D eigenvalue weighted by Gasteiger charge is -2.30. The Balaban J connectivity index is 2.61. The Morgan fingerprint density at radius 2 is 1.54 bits per heavy atom. The number of hydrogen-bond donors (Lipinski definition) is 0. The average molecular weight is 428 g/mol. The van der Waals surface area contributed by atoms with Crippen molar-refractivity contribution in [1.82, 2.24) is 8.64 Å². The lowest BCUT2D eigenvalue weighted by atomic mass is 10.2. The normalized spacial score (nSPS) is 13.2. The smallest absolute Gasteiger partial charge is 0.266 e. The van der Waals surface area contributed by atoms with Crippen LogP contribution in [0.2, 0.25) is 10.0 Å². The Hall–Kier alpha value is -1.01. The molecule has 1 atom stereocenters. The summed E-state index contributed by atoms with van der Waals surface area (Å²) in [6.07, 6.45) is 0. The summed E-state index contributed by atoms with van der Waals surface area (Å²) in [5.74, 6) is -1.92. The molecule has 0 aromatic heterocycles. The van der Waals surface area contributed by atoms with E-state index in [0.717, 1.165) is 0 Å². The highest BCUT2D eigenvalue weighted by Gasteiger charge is 2.49. The number of carbonyl (C=O) groups excluding carboxylic acids is 2. The molecular formula is C15H10Cl5N2O2+. The van der Waals surface area contributed by atoms with E-state index < -0.39 is 21.8 Å². The monoisotopic (exact) mass is 425 g/mol. The number of alkyl halides is 1. The van der Waals surface area contributed by atoms with Gasteiger partial charge in [0.05, 0.1) is 17.3 Å². The topological polar surface area (TPSA) is 37.4 Å². The van der Waals surface area contributed by atoms with Gasteiger partial charge >= 0.3 is 11.8 Å². The van der Waals surface area contributed by atoms with Gasteiger partial charge in [-0.15, -0.1) is 11.6 Å². The molecule has 0 fully saturated rings. The van der Waals surface area contributed by atoms with Crippen LogP contribution >= 0.6 is 58.4 Å². The molecule has 0 aliphatic heterocycles. The van der Waals surface area contributed by atoms with Crippen molar-refractivity contribution in [2.75, 3.05) is 5.88 Å². The molecule has 0 N–H and O–H groups in total. The largest absolute Gasteiger partial charge is 0.395 e. The van der Waals surface area contributed by atoms with Gasteiger partial charge in [0.25, 0.3) is 0 Å². The van der Waals surface area contributed by atoms with Crippen LogP contribution in [0.25, 0.3) is 0 Å². The SMILES string of the molecule is O=C(CCl)N(Cl)[N+](Cl)(C(=O)c1cc(Cl)cc(Cl)c1)c1ccccc1. The Bertz CT molecular complexity index is 751. The number of nitrogens with zero attached hydrogens (tertiary/aromatic N) is 2. The van der Waals surface area contributed by atoms with Gasteiger partial charge in [-0.05, 0) is 22.3 Å². The van der Waals surface area contributed by atoms with Crippen molar-refractivity contribution in [2.45, 2.75) is 0 Å². The van der Waals surface area contributed by atoms with Gasteiger partial charge in [0.15, 0.2) is 5.69 Å². The van der Waals surface area contributed by atoms with Crippen LogP contribution in [0.1, 0.15) is 10.4 Å². The van der Waals surface area contributed by atoms with Crippen molar-refractivity contribution in [3.8, 4) is 0 Å². The van der Waals surface area contributed by atoms with Crippen LogP contribution in [0.4, 0.5) is 5.69 Å². The lowest BCUT2D eigenvalue weighted by Crippen LogP contribution is -2.56. The highest BCUT2D eigenvalue weighted by atomic mass is 35.5. The second kappa shape index (κ2) is 7.91. The quantitative estimate of drug-likeness (QED) is 0.372. The molecule has 0 heterocycles. The van der Waals surface area contributed by atoms with Gasteiger partial charge in [0.1, 0.15) is 5.88 Å². The van der Waals surface area contributed by atoms with Gasteiger partial charge in [-0.2, -0.15) is 0 Å². The van der Waals surface area contributed by atoms with E-state index >= 15 is 0 Å². The third-order valence-corrected chi connectivity index (χ3v) is 4.70. The van der Waals surface area contributed by atoms with Crippen LogP contribution in [-0.2, 0) is 4.79 Å². The number of quaternary nitrogens is 1. The first kappa shape index (κ1) is 19.3. The standard InChI is InChI=1S/C15H10Cl5N2O2/c16-9-14(23)21(19)22(20,13-4-2-1-3-5-13)15(24)10-6-11(17)8-12(18)7-10/h1-8H,9H2/q+1. The first-order chi connectivity index (χ1) is 11.3. The maximum atomic E-state index is 13.0. The second-order valence-corrected chi connectivity index (χ2v) is 6.59. The first-order valence-corrected chi connectivity index (χ1v) is 8.48. The van der Waals surface area contributed by atoms with Crippen LogP contribution in [0.15, 0.2) is 48.5 Å². The molecule has 0 saturated carbocycles. The molecule has 1 unspecified atom stereocenters. The molecule has 9 heteroatoms. The molecule has 0 saturated heterocycles. The molecule has 0 aliphatic carbocycles. The third-order valence-electron chi connectivity index (χ3n) is 3.04. The van der Waals surface area contributed by atoms with Crippen molar-refractivity contribution < 1.29 is 9.59 Å². The van der Waals surface area contributed by atoms with Gasteiger partial charge < -0.3 is 0 Å². The highest BCUT2D eigenvalue weighted by Crippen LogP contribution is 2.34. The number of hydrogen-bond acceptors (Lipinski definition) is 2. The number of para-hydroxylation sites is 1. The zero-order chi connectivity index (χ0) is 17.9. The summed E-state index contributed by atoms with van der Waals surface area (Å²) < 4.78 is -0.647. The number of carbonyl (C=O) groups is 2. The van der Waals surface area contributed by atoms with Crippen LogP contribution in [0.3, 0.4) is 0 Å². The van der Waals surface area contributed by atoms with Crippen LogP contribution < -0.4 is 4.11 Å². The summed E-state index contributed by atoms with van der Waals surface area (Å²) in [5.41, 5.74) is 0.327. The fraction of sp³-hybridized carbons (Fsp3) is 0.0667. The molecule has 2 rings (SSSR count). The fourth-order valence-corrected chi connectivity index (χ4v) is 3.19. The molecule has 0 spiro atoms. The van der Waals surface area contributed by atoms with E-state index in [-0.39, 0.29) is 21.3 Å². The van der Waals surface area contributed by atoms with Crippen molar-refractivity contribution in [3.05, 3.63) is 64.1 Å². The minimum absolute atomic E-state index is 0.0828. The summed E-state index contributed by atoms with van der Waals surface area (Å²) in [6.45, 7) is 0. The minimum Gasteiger partial charge on any atom is -0.266 e. The van der Waals surface area contributed by atoms with E-state index in [9.17, 15) is 9.59 Å². The Kier molecular flexibility index (Phi) is 6.37. The summed E-state index contributed by atoms with van der Waals surface area (Å²) >= 11 is 30.0. The van der Waals surface area contributed by atoms with E-state index in [2.05, 4.69) is 0 Å². The second-order valence-electron chi connectivity index (χ2n) is 4.64. The van der Waals surface area contributed by atoms with Gasteiger partial charge in [0, 0.05) is 22.2 Å². The zero-order valence-corrected chi connectivity index (χ0v) is 15.7. The molecule has 2 aromatic rings. The number of amides is 2. The average Bonchev–Trinajstić information content (AvgIpc) is 2.58. The van der Waals surface area contributed by atoms with Crippen molar-refractivity contribution >= 4 is 75.9 Å². The predicted molar refractivity (Wildman–Crippen MR) is 98.3 cm³/mol. The molecule has 4 nitrogen and oxygen atoms in total. The zero-order valence-electron chi connectivity index (χ0n) is 11.9. The van der Waals surface area contributed by atoms with E-state index in [4.69, 9.17) is 58.4 Å². The molecule has 126 valence electrons. The number of rotatable bonds is 3. The first-order valence-electron chi connectivity index (χ1n) is 6.51. The maximum Gasteiger partial charge on any atom is 0.395 e. The molecule has 2 amide bonds. The molecular weight excluding hydrogens is 417 g/mol. The van der Waals surface area contributed by atoms with Crippen molar-refractivity contribution in [3.63, 3.8) is 0 Å². The summed E-state index contributed by atoms with van der Waals surface area (Å²) in [4.78, 5) is 25.0. The van der Waals surface area contributed by atoms with Gasteiger partial charge in [-0.25, -0.2) is 4.79 Å². The number of halogens is 5. The lowest BCUT2D eigenvalue weighted by molar-refractivity contribution is -0.128. The van der Waals surface area contributed by atoms with Crippen LogP contribution in [-0.4, -0.2) is 22.2 Å². The molecule has 0 radical (unpaired) electrons. The fourth-order valence-electron chi connectivity index (χ4n) is 1.98. The van der Waals surface area contributed by atoms with E-state index in [1.807, 2.05) is 0 Å². The van der Waals surface area contributed by atoms with Gasteiger partial charge in [0.2, 0.25) is 11.8 Å². The van der Waals surface area contributed by atoms with Crippen LogP contribution in [0, 0.1) is 0 Å². The summed E-state index contributed by atoms with van der Waals surface area (Å²) in [6, 6.07) is 12.4. The Morgan fingerprint density at radius 3 is 2.04 bits per heavy atom. The van der Waals surface area contributed by atoms with Crippen molar-refractivity contribution in [2.24, 2.45) is 0 Å². The summed E-state index contributed by atoms with van der Waals surface area (Å²) in [7, 11) is 0. The van der Waals surface area contributed by atoms with Crippen molar-refractivity contribution in [1.29, 1.82) is 0 Å². The molecule has 2 aromatic carbocycles.